The van der Waals surface area contributed by atoms with E-state index in [0.29, 0.717) is 12.0 Å². The number of methoxy groups -OCH3 is 2. The van der Waals surface area contributed by atoms with Crippen LogP contribution >= 0.6 is 0 Å². The highest BCUT2D eigenvalue weighted by atomic mass is 16.5. The Morgan fingerprint density at radius 1 is 1.16 bits per heavy atom. The van der Waals surface area contributed by atoms with Crippen LogP contribution in [0, 0.1) is 0 Å². The van der Waals surface area contributed by atoms with Crippen molar-refractivity contribution in [3.8, 4) is 11.5 Å². The fourth-order valence-corrected chi connectivity index (χ4v) is 3.54. The Balaban J connectivity index is 2.39. The molecule has 1 aliphatic carbocycles. The average molecular weight is 344 g/mol. The van der Waals surface area contributed by atoms with E-state index in [0.717, 1.165) is 42.7 Å². The van der Waals surface area contributed by atoms with E-state index in [9.17, 15) is 10.2 Å². The third kappa shape index (κ3) is 5.02. The molecule has 136 valence electrons. The quantitative estimate of drug-likeness (QED) is 0.328. The predicted octanol–water partition coefficient (Wildman–Crippen LogP) is 3.44. The van der Waals surface area contributed by atoms with Crippen LogP contribution in [0.5, 0.6) is 11.5 Å². The van der Waals surface area contributed by atoms with Crippen LogP contribution in [0.25, 0.3) is 0 Å². The van der Waals surface area contributed by atoms with Crippen molar-refractivity contribution >= 4 is 7.85 Å². The molecule has 1 unspecified atom stereocenters. The van der Waals surface area contributed by atoms with Gasteiger partial charge in [-0.1, -0.05) is 25.8 Å². The van der Waals surface area contributed by atoms with Gasteiger partial charge >= 0.3 is 0 Å². The molecule has 2 N–H and O–H groups in total. The molecule has 0 aliphatic heterocycles. The highest BCUT2D eigenvalue weighted by molar-refractivity contribution is 6.15. The van der Waals surface area contributed by atoms with E-state index in [-0.39, 0.29) is 5.92 Å². The molecule has 1 aromatic carbocycles. The summed E-state index contributed by atoms with van der Waals surface area (Å²) in [7, 11) is 8.78. The molecule has 0 spiro atoms. The molecule has 2 rings (SSSR count). The highest BCUT2D eigenvalue weighted by Gasteiger charge is 2.29. The Bertz CT molecular complexity index is 579. The molecule has 1 aliphatic rings. The Morgan fingerprint density at radius 2 is 1.80 bits per heavy atom. The van der Waals surface area contributed by atoms with Gasteiger partial charge < -0.3 is 19.7 Å². The molecule has 0 bridgehead atoms. The van der Waals surface area contributed by atoms with Crippen molar-refractivity contribution in [2.45, 2.75) is 63.5 Å². The van der Waals surface area contributed by atoms with Crippen LogP contribution in [0.2, 0.25) is 0 Å². The zero-order valence-electron chi connectivity index (χ0n) is 15.5. The summed E-state index contributed by atoms with van der Waals surface area (Å²) in [5.41, 5.74) is 0.327. The fraction of sp³-hybridized carbons (Fsp3) is 0.600. The van der Waals surface area contributed by atoms with Gasteiger partial charge in [0.15, 0.2) is 7.85 Å². The van der Waals surface area contributed by atoms with E-state index in [2.05, 4.69) is 19.1 Å². The summed E-state index contributed by atoms with van der Waals surface area (Å²) in [6.45, 7) is 2.19. The van der Waals surface area contributed by atoms with Crippen LogP contribution in [0.15, 0.2) is 23.8 Å². The highest BCUT2D eigenvalue weighted by Crippen LogP contribution is 2.43. The molecule has 0 amide bonds. The lowest BCUT2D eigenvalue weighted by Gasteiger charge is -2.29. The minimum atomic E-state index is -2.26. The molecule has 25 heavy (non-hydrogen) atoms. The molecular formula is C20H29BO4. The van der Waals surface area contributed by atoms with Crippen molar-refractivity contribution in [1.82, 2.24) is 0 Å². The standard InChI is InChI=1S/C20H29BO4/c1-4-5-6-8-14-11-17(24-2)19(18(12-14)25-3)15-9-7-10-16(13-15)20(21,22)23/h11-13,15,22-23H,4-10H2,1-3H3. The Morgan fingerprint density at radius 3 is 2.32 bits per heavy atom. The number of hydrogen-bond acceptors (Lipinski definition) is 4. The van der Waals surface area contributed by atoms with E-state index in [1.165, 1.54) is 18.4 Å². The molecule has 0 saturated heterocycles. The number of hydrogen-bond donors (Lipinski definition) is 2. The second kappa shape index (κ2) is 8.77. The van der Waals surface area contributed by atoms with Gasteiger partial charge in [-0.2, -0.15) is 0 Å². The first-order valence-electron chi connectivity index (χ1n) is 9.10. The largest absolute Gasteiger partial charge is 0.496 e. The Hall–Kier alpha value is -1.46. The van der Waals surface area contributed by atoms with Crippen LogP contribution in [0.4, 0.5) is 0 Å². The lowest BCUT2D eigenvalue weighted by atomic mass is 9.76. The number of allylic oxidation sites excluding steroid dienone is 1. The maximum atomic E-state index is 9.73. The molecule has 1 aromatic rings. The summed E-state index contributed by atoms with van der Waals surface area (Å²) in [6.07, 6.45) is 8.67. The third-order valence-corrected chi connectivity index (χ3v) is 4.88. The van der Waals surface area contributed by atoms with E-state index in [1.807, 2.05) is 6.08 Å². The fourth-order valence-electron chi connectivity index (χ4n) is 3.54. The second-order valence-corrected chi connectivity index (χ2v) is 6.79. The number of benzene rings is 1. The van der Waals surface area contributed by atoms with Crippen LogP contribution in [-0.4, -0.2) is 38.0 Å². The zero-order chi connectivity index (χ0) is 18.4. The zero-order valence-corrected chi connectivity index (χ0v) is 15.5. The predicted molar refractivity (Wildman–Crippen MR) is 100 cm³/mol. The molecular weight excluding hydrogens is 315 g/mol. The van der Waals surface area contributed by atoms with Crippen LogP contribution in [0.3, 0.4) is 0 Å². The Labute approximate surface area is 152 Å². The summed E-state index contributed by atoms with van der Waals surface area (Å²) in [4.78, 5) is 0. The molecule has 0 saturated carbocycles. The van der Waals surface area contributed by atoms with Gasteiger partial charge in [-0.05, 0) is 55.4 Å². The summed E-state index contributed by atoms with van der Waals surface area (Å²) in [5.74, 6) is 1.55. The molecule has 0 fully saturated rings. The van der Waals surface area contributed by atoms with Gasteiger partial charge in [0.05, 0.1) is 14.2 Å². The summed E-state index contributed by atoms with van der Waals surface area (Å²) >= 11 is 0. The van der Waals surface area contributed by atoms with Crippen LogP contribution in [-0.2, 0) is 6.42 Å². The molecule has 0 heterocycles. The van der Waals surface area contributed by atoms with E-state index < -0.39 is 5.69 Å². The van der Waals surface area contributed by atoms with Gasteiger partial charge in [-0.25, -0.2) is 0 Å². The summed E-state index contributed by atoms with van der Waals surface area (Å²) < 4.78 is 11.3. The smallest absolute Gasteiger partial charge is 0.160 e. The monoisotopic (exact) mass is 344 g/mol. The lowest BCUT2D eigenvalue weighted by Crippen LogP contribution is -2.32. The number of unbranched alkanes of at least 4 members (excludes halogenated alkanes) is 2. The van der Waals surface area contributed by atoms with Crippen molar-refractivity contribution in [1.29, 1.82) is 0 Å². The Kier molecular flexibility index (Phi) is 6.97. The summed E-state index contributed by atoms with van der Waals surface area (Å²) in [6, 6.07) is 4.15. The maximum absolute atomic E-state index is 9.73. The number of aryl methyl sites for hydroxylation is 1. The van der Waals surface area contributed by atoms with E-state index in [1.54, 1.807) is 14.2 Å². The van der Waals surface area contributed by atoms with E-state index >= 15 is 0 Å². The molecule has 2 radical (unpaired) electrons. The first-order chi connectivity index (χ1) is 11.9. The second-order valence-electron chi connectivity index (χ2n) is 6.79. The van der Waals surface area contributed by atoms with Gasteiger partial charge in [-0.15, -0.1) is 0 Å². The van der Waals surface area contributed by atoms with Gasteiger partial charge in [0.25, 0.3) is 0 Å². The van der Waals surface area contributed by atoms with Gasteiger partial charge in [0, 0.05) is 11.5 Å². The van der Waals surface area contributed by atoms with Crippen LogP contribution < -0.4 is 9.47 Å². The lowest BCUT2D eigenvalue weighted by molar-refractivity contribution is -0.0556. The molecule has 0 aromatic heterocycles. The topological polar surface area (TPSA) is 58.9 Å². The normalized spacial score (nSPS) is 18.0. The molecule has 5 heteroatoms. The molecule has 4 nitrogen and oxygen atoms in total. The minimum Gasteiger partial charge on any atom is -0.496 e. The SMILES string of the molecule is [B]C(O)(O)C1=CC(c2c(OC)cc(CCCCC)cc2OC)CCC1. The molecule has 1 atom stereocenters. The van der Waals surface area contributed by atoms with Crippen LogP contribution in [0.1, 0.15) is 62.5 Å². The number of rotatable bonds is 8. The first kappa shape index (κ1) is 19.9. The third-order valence-electron chi connectivity index (χ3n) is 4.88. The number of aliphatic hydroxyl groups is 2. The van der Waals surface area contributed by atoms with Crippen molar-refractivity contribution in [3.63, 3.8) is 0 Å². The van der Waals surface area contributed by atoms with Gasteiger partial charge in [0.2, 0.25) is 0 Å². The van der Waals surface area contributed by atoms with Crippen molar-refractivity contribution < 1.29 is 19.7 Å². The summed E-state index contributed by atoms with van der Waals surface area (Å²) in [5, 5.41) is 19.5. The maximum Gasteiger partial charge on any atom is 0.160 e. The van der Waals surface area contributed by atoms with Gasteiger partial charge in [-0.3, -0.25) is 0 Å². The van der Waals surface area contributed by atoms with E-state index in [4.69, 9.17) is 17.3 Å². The minimum absolute atomic E-state index is 0.0134. The van der Waals surface area contributed by atoms with Crippen molar-refractivity contribution in [2.24, 2.45) is 0 Å². The van der Waals surface area contributed by atoms with Crippen molar-refractivity contribution in [2.75, 3.05) is 14.2 Å². The van der Waals surface area contributed by atoms with Crippen molar-refractivity contribution in [3.05, 3.63) is 34.9 Å². The first-order valence-corrected chi connectivity index (χ1v) is 9.10. The number of ether oxygens (including phenoxy) is 2. The average Bonchev–Trinajstić information content (AvgIpc) is 2.60. The van der Waals surface area contributed by atoms with Gasteiger partial charge in [0.1, 0.15) is 17.2 Å².